The second-order valence-electron chi connectivity index (χ2n) is 6.22. The maximum absolute atomic E-state index is 12.2. The van der Waals surface area contributed by atoms with Gasteiger partial charge in [0.25, 0.3) is 0 Å². The largest absolute Gasteiger partial charge is 0.378 e. The number of hydrogen-bond donors (Lipinski definition) is 1. The molecular formula is C17H22N4OS. The number of benzene rings is 1. The van der Waals surface area contributed by atoms with Crippen LogP contribution in [0.5, 0.6) is 0 Å². The Bertz CT molecular complexity index is 677. The van der Waals surface area contributed by atoms with E-state index < -0.39 is 0 Å². The average Bonchev–Trinajstić information content (AvgIpc) is 3.18. The number of carbonyl (C=O) groups is 1. The number of anilines is 2. The molecule has 1 heterocycles. The molecule has 0 unspecified atom stereocenters. The van der Waals surface area contributed by atoms with Gasteiger partial charge in [0, 0.05) is 25.7 Å². The standard InChI is InChI=1S/C17H22N4OS/c1-21(2)14-9-5-6-12(10-14)11-15(22)18-17-20-19-16(23-17)13-7-3-4-8-13/h5-6,9-10,13H,3-4,7-8,11H2,1-2H3,(H,18,20,22). The van der Waals surface area contributed by atoms with E-state index in [-0.39, 0.29) is 5.91 Å². The molecule has 2 aromatic rings. The zero-order chi connectivity index (χ0) is 16.2. The fourth-order valence-electron chi connectivity index (χ4n) is 2.92. The summed E-state index contributed by atoms with van der Waals surface area (Å²) in [4.78, 5) is 14.2. The second-order valence-corrected chi connectivity index (χ2v) is 7.23. The lowest BCUT2D eigenvalue weighted by molar-refractivity contribution is -0.115. The van der Waals surface area contributed by atoms with E-state index in [0.29, 0.717) is 17.5 Å². The number of aromatic nitrogens is 2. The van der Waals surface area contributed by atoms with E-state index >= 15 is 0 Å². The van der Waals surface area contributed by atoms with Gasteiger partial charge in [0.2, 0.25) is 11.0 Å². The van der Waals surface area contributed by atoms with Gasteiger partial charge in [0.1, 0.15) is 5.01 Å². The third-order valence-electron chi connectivity index (χ3n) is 4.18. The molecule has 1 saturated carbocycles. The molecule has 1 aliphatic carbocycles. The van der Waals surface area contributed by atoms with Crippen LogP contribution in [0.4, 0.5) is 10.8 Å². The minimum absolute atomic E-state index is 0.0463. The van der Waals surface area contributed by atoms with E-state index in [4.69, 9.17) is 0 Å². The van der Waals surface area contributed by atoms with Crippen LogP contribution in [0, 0.1) is 0 Å². The fraction of sp³-hybridized carbons (Fsp3) is 0.471. The Balaban J connectivity index is 1.60. The van der Waals surface area contributed by atoms with E-state index in [2.05, 4.69) is 15.5 Å². The lowest BCUT2D eigenvalue weighted by Gasteiger charge is -2.13. The summed E-state index contributed by atoms with van der Waals surface area (Å²) in [5.74, 6) is 0.491. The number of rotatable bonds is 5. The molecule has 23 heavy (non-hydrogen) atoms. The van der Waals surface area contributed by atoms with Gasteiger partial charge in [-0.15, -0.1) is 10.2 Å². The lowest BCUT2D eigenvalue weighted by atomic mass is 10.1. The van der Waals surface area contributed by atoms with Gasteiger partial charge in [-0.2, -0.15) is 0 Å². The Morgan fingerprint density at radius 1 is 1.30 bits per heavy atom. The Labute approximate surface area is 140 Å². The molecule has 5 nitrogen and oxygen atoms in total. The molecule has 1 fully saturated rings. The highest BCUT2D eigenvalue weighted by Gasteiger charge is 2.21. The van der Waals surface area contributed by atoms with E-state index in [1.807, 2.05) is 43.3 Å². The fourth-order valence-corrected chi connectivity index (χ4v) is 3.84. The smallest absolute Gasteiger partial charge is 0.230 e. The van der Waals surface area contributed by atoms with Crippen molar-refractivity contribution in [2.75, 3.05) is 24.3 Å². The van der Waals surface area contributed by atoms with Gasteiger partial charge >= 0.3 is 0 Å². The van der Waals surface area contributed by atoms with E-state index in [0.717, 1.165) is 16.3 Å². The summed E-state index contributed by atoms with van der Waals surface area (Å²) >= 11 is 1.51. The monoisotopic (exact) mass is 330 g/mol. The normalized spacial score (nSPS) is 14.9. The van der Waals surface area contributed by atoms with Crippen molar-refractivity contribution < 1.29 is 4.79 Å². The lowest BCUT2D eigenvalue weighted by Crippen LogP contribution is -2.15. The summed E-state index contributed by atoms with van der Waals surface area (Å²) < 4.78 is 0. The highest BCUT2D eigenvalue weighted by molar-refractivity contribution is 7.15. The van der Waals surface area contributed by atoms with E-state index in [1.54, 1.807) is 0 Å². The van der Waals surface area contributed by atoms with Crippen molar-refractivity contribution in [1.29, 1.82) is 0 Å². The highest BCUT2D eigenvalue weighted by atomic mass is 32.1. The predicted molar refractivity (Wildman–Crippen MR) is 94.2 cm³/mol. The van der Waals surface area contributed by atoms with Crippen molar-refractivity contribution in [2.24, 2.45) is 0 Å². The van der Waals surface area contributed by atoms with Crippen molar-refractivity contribution in [3.8, 4) is 0 Å². The summed E-state index contributed by atoms with van der Waals surface area (Å²) in [6, 6.07) is 8.00. The maximum atomic E-state index is 12.2. The van der Waals surface area contributed by atoms with Gasteiger partial charge in [-0.1, -0.05) is 36.3 Å². The summed E-state index contributed by atoms with van der Waals surface area (Å²) in [6.45, 7) is 0. The molecule has 1 aromatic carbocycles. The molecule has 6 heteroatoms. The Kier molecular flexibility index (Phi) is 4.91. The number of nitrogens with zero attached hydrogens (tertiary/aromatic N) is 3. The number of nitrogens with one attached hydrogen (secondary N) is 1. The zero-order valence-corrected chi connectivity index (χ0v) is 14.4. The van der Waals surface area contributed by atoms with Gasteiger partial charge in [0.15, 0.2) is 0 Å². The van der Waals surface area contributed by atoms with Crippen LogP contribution in [0.3, 0.4) is 0 Å². The highest BCUT2D eigenvalue weighted by Crippen LogP contribution is 2.36. The molecule has 1 aromatic heterocycles. The maximum Gasteiger partial charge on any atom is 0.230 e. The SMILES string of the molecule is CN(C)c1cccc(CC(=O)Nc2nnc(C3CCCC3)s2)c1. The van der Waals surface area contributed by atoms with Gasteiger partial charge < -0.3 is 10.2 Å². The van der Waals surface area contributed by atoms with Crippen molar-refractivity contribution in [3.63, 3.8) is 0 Å². The third-order valence-corrected chi connectivity index (χ3v) is 5.18. The number of hydrogen-bond acceptors (Lipinski definition) is 5. The predicted octanol–water partition coefficient (Wildman–Crippen LogP) is 3.44. The Morgan fingerprint density at radius 3 is 2.83 bits per heavy atom. The first kappa shape index (κ1) is 15.9. The summed E-state index contributed by atoms with van der Waals surface area (Å²) in [7, 11) is 3.98. The molecule has 0 saturated heterocycles. The summed E-state index contributed by atoms with van der Waals surface area (Å²) in [5, 5.41) is 12.9. The first-order chi connectivity index (χ1) is 11.1. The minimum Gasteiger partial charge on any atom is -0.378 e. The van der Waals surface area contributed by atoms with Crippen LogP contribution in [-0.2, 0) is 11.2 Å². The van der Waals surface area contributed by atoms with Crippen LogP contribution in [0.15, 0.2) is 24.3 Å². The molecular weight excluding hydrogens is 308 g/mol. The van der Waals surface area contributed by atoms with Gasteiger partial charge in [-0.3, -0.25) is 4.79 Å². The quantitative estimate of drug-likeness (QED) is 0.912. The molecule has 1 N–H and O–H groups in total. The van der Waals surface area contributed by atoms with Crippen LogP contribution in [0.1, 0.15) is 42.2 Å². The number of carbonyl (C=O) groups excluding carboxylic acids is 1. The molecule has 1 amide bonds. The minimum atomic E-state index is -0.0463. The van der Waals surface area contributed by atoms with E-state index in [9.17, 15) is 4.79 Å². The molecule has 0 spiro atoms. The molecule has 0 atom stereocenters. The van der Waals surface area contributed by atoms with Crippen molar-refractivity contribution in [2.45, 2.75) is 38.0 Å². The topological polar surface area (TPSA) is 58.1 Å². The summed E-state index contributed by atoms with van der Waals surface area (Å²) in [5.41, 5.74) is 2.09. The first-order valence-electron chi connectivity index (χ1n) is 8.01. The molecule has 0 aliphatic heterocycles. The van der Waals surface area contributed by atoms with E-state index in [1.165, 1.54) is 37.0 Å². The second kappa shape index (κ2) is 7.08. The van der Waals surface area contributed by atoms with Crippen LogP contribution < -0.4 is 10.2 Å². The first-order valence-corrected chi connectivity index (χ1v) is 8.83. The molecule has 3 rings (SSSR count). The van der Waals surface area contributed by atoms with Crippen LogP contribution in [0.2, 0.25) is 0 Å². The van der Waals surface area contributed by atoms with Crippen molar-refractivity contribution in [1.82, 2.24) is 10.2 Å². The summed E-state index contributed by atoms with van der Waals surface area (Å²) in [6.07, 6.45) is 5.28. The Morgan fingerprint density at radius 2 is 2.09 bits per heavy atom. The van der Waals surface area contributed by atoms with Crippen molar-refractivity contribution in [3.05, 3.63) is 34.8 Å². The van der Waals surface area contributed by atoms with Gasteiger partial charge in [-0.05, 0) is 30.5 Å². The third kappa shape index (κ3) is 4.07. The van der Waals surface area contributed by atoms with Crippen LogP contribution >= 0.6 is 11.3 Å². The zero-order valence-electron chi connectivity index (χ0n) is 13.6. The molecule has 1 aliphatic rings. The Hall–Kier alpha value is -1.95. The van der Waals surface area contributed by atoms with Crippen LogP contribution in [-0.4, -0.2) is 30.2 Å². The average molecular weight is 330 g/mol. The molecule has 122 valence electrons. The van der Waals surface area contributed by atoms with Crippen LogP contribution in [0.25, 0.3) is 0 Å². The van der Waals surface area contributed by atoms with Gasteiger partial charge in [0.05, 0.1) is 6.42 Å². The molecule has 0 bridgehead atoms. The molecule has 0 radical (unpaired) electrons. The van der Waals surface area contributed by atoms with Gasteiger partial charge in [-0.25, -0.2) is 0 Å². The van der Waals surface area contributed by atoms with Crippen molar-refractivity contribution >= 4 is 28.1 Å². The number of amides is 1.